The molecule has 1 saturated carbocycles. The number of benzene rings is 2. The zero-order valence-corrected chi connectivity index (χ0v) is 20.7. The maximum absolute atomic E-state index is 13.2. The van der Waals surface area contributed by atoms with Crippen LogP contribution in [0.2, 0.25) is 0 Å². The van der Waals surface area contributed by atoms with Crippen molar-refractivity contribution >= 4 is 11.8 Å². The molecule has 186 valence electrons. The van der Waals surface area contributed by atoms with Crippen molar-refractivity contribution in [3.05, 3.63) is 88.4 Å². The molecule has 3 aliphatic rings. The van der Waals surface area contributed by atoms with Crippen molar-refractivity contribution in [2.75, 3.05) is 19.6 Å². The molecule has 0 radical (unpaired) electrons. The van der Waals surface area contributed by atoms with Gasteiger partial charge in [0, 0.05) is 25.6 Å². The maximum Gasteiger partial charge on any atom is 0.289 e. The van der Waals surface area contributed by atoms with Crippen LogP contribution in [-0.2, 0) is 17.8 Å². The fourth-order valence-corrected chi connectivity index (χ4v) is 5.39. The van der Waals surface area contributed by atoms with Crippen LogP contribution in [-0.4, -0.2) is 41.2 Å². The first-order valence-electron chi connectivity index (χ1n) is 13.1. The largest absolute Gasteiger partial charge is 0.486 e. The zero-order valence-electron chi connectivity index (χ0n) is 20.7. The summed E-state index contributed by atoms with van der Waals surface area (Å²) in [6, 6.07) is 18.1. The van der Waals surface area contributed by atoms with Gasteiger partial charge in [-0.25, -0.2) is 0 Å². The average molecular weight is 485 g/mol. The van der Waals surface area contributed by atoms with Crippen LogP contribution >= 0.6 is 0 Å². The van der Waals surface area contributed by atoms with E-state index in [0.717, 1.165) is 68.6 Å². The van der Waals surface area contributed by atoms with Crippen LogP contribution in [0.4, 0.5) is 0 Å². The maximum atomic E-state index is 13.2. The van der Waals surface area contributed by atoms with Gasteiger partial charge >= 0.3 is 0 Å². The molecule has 1 atom stereocenters. The summed E-state index contributed by atoms with van der Waals surface area (Å²) in [6.45, 7) is 4.65. The SMILES string of the molecule is Cc1ccc([C@@H]2c3cc(OCc4ccc(C(=O)N5CCCC5)o4)ccc3CCN2C(=O)C2CC2)cc1. The van der Waals surface area contributed by atoms with Gasteiger partial charge in [-0.2, -0.15) is 0 Å². The molecule has 0 unspecified atom stereocenters. The van der Waals surface area contributed by atoms with E-state index < -0.39 is 0 Å². The predicted molar refractivity (Wildman–Crippen MR) is 136 cm³/mol. The summed E-state index contributed by atoms with van der Waals surface area (Å²) in [5.74, 6) is 2.12. The minimum Gasteiger partial charge on any atom is -0.486 e. The van der Waals surface area contributed by atoms with E-state index in [-0.39, 0.29) is 30.4 Å². The summed E-state index contributed by atoms with van der Waals surface area (Å²) in [7, 11) is 0. The second-order valence-corrected chi connectivity index (χ2v) is 10.3. The van der Waals surface area contributed by atoms with Crippen molar-refractivity contribution < 1.29 is 18.7 Å². The summed E-state index contributed by atoms with van der Waals surface area (Å²) < 4.78 is 11.9. The predicted octanol–water partition coefficient (Wildman–Crippen LogP) is 5.29. The molecule has 6 rings (SSSR count). The van der Waals surface area contributed by atoms with E-state index in [9.17, 15) is 9.59 Å². The first-order valence-corrected chi connectivity index (χ1v) is 13.1. The number of hydrogen-bond acceptors (Lipinski definition) is 4. The van der Waals surface area contributed by atoms with Gasteiger partial charge in [0.15, 0.2) is 5.76 Å². The molecule has 2 aliphatic heterocycles. The molecule has 0 spiro atoms. The number of fused-ring (bicyclic) bond motifs is 1. The highest BCUT2D eigenvalue weighted by atomic mass is 16.5. The van der Waals surface area contributed by atoms with E-state index in [1.54, 1.807) is 6.07 Å². The molecular weight excluding hydrogens is 452 g/mol. The highest BCUT2D eigenvalue weighted by Gasteiger charge is 2.39. The van der Waals surface area contributed by atoms with Gasteiger partial charge in [-0.05, 0) is 80.0 Å². The number of likely N-dealkylation sites (tertiary alicyclic amines) is 1. The Balaban J connectivity index is 1.23. The fraction of sp³-hybridized carbons (Fsp3) is 0.400. The van der Waals surface area contributed by atoms with Gasteiger partial charge < -0.3 is 19.0 Å². The Morgan fingerprint density at radius 1 is 0.972 bits per heavy atom. The molecule has 36 heavy (non-hydrogen) atoms. The molecule has 0 bridgehead atoms. The van der Waals surface area contributed by atoms with Crippen LogP contribution in [0.5, 0.6) is 5.75 Å². The van der Waals surface area contributed by atoms with Crippen LogP contribution in [0, 0.1) is 12.8 Å². The van der Waals surface area contributed by atoms with Crippen molar-refractivity contribution in [1.29, 1.82) is 0 Å². The molecule has 3 aromatic rings. The Labute approximate surface area is 211 Å². The lowest BCUT2D eigenvalue weighted by atomic mass is 9.87. The van der Waals surface area contributed by atoms with Gasteiger partial charge in [0.25, 0.3) is 5.91 Å². The second kappa shape index (κ2) is 9.49. The number of carbonyl (C=O) groups excluding carboxylic acids is 2. The van der Waals surface area contributed by atoms with Crippen LogP contribution < -0.4 is 4.74 Å². The summed E-state index contributed by atoms with van der Waals surface area (Å²) in [6.07, 6.45) is 4.94. The highest BCUT2D eigenvalue weighted by molar-refractivity contribution is 5.91. The first kappa shape index (κ1) is 22.9. The molecule has 6 nitrogen and oxygen atoms in total. The van der Waals surface area contributed by atoms with Gasteiger partial charge in [0.2, 0.25) is 5.91 Å². The van der Waals surface area contributed by atoms with Gasteiger partial charge in [-0.1, -0.05) is 35.9 Å². The molecule has 1 saturated heterocycles. The fourth-order valence-electron chi connectivity index (χ4n) is 5.39. The summed E-state index contributed by atoms with van der Waals surface area (Å²) in [5.41, 5.74) is 4.71. The topological polar surface area (TPSA) is 63.0 Å². The van der Waals surface area contributed by atoms with Crippen molar-refractivity contribution in [3.8, 4) is 5.75 Å². The number of ether oxygens (including phenoxy) is 1. The Morgan fingerprint density at radius 2 is 1.75 bits per heavy atom. The van der Waals surface area contributed by atoms with Gasteiger partial charge in [-0.15, -0.1) is 0 Å². The van der Waals surface area contributed by atoms with Crippen molar-refractivity contribution in [2.24, 2.45) is 5.92 Å². The smallest absolute Gasteiger partial charge is 0.289 e. The lowest BCUT2D eigenvalue weighted by molar-refractivity contribution is -0.134. The third-order valence-corrected chi connectivity index (χ3v) is 7.60. The minimum absolute atomic E-state index is 0.0473. The van der Waals surface area contributed by atoms with E-state index in [1.807, 2.05) is 17.0 Å². The molecule has 2 fully saturated rings. The number of amides is 2. The standard InChI is InChI=1S/C30H32N2O4/c1-20-4-6-22(7-5-20)28-26-18-24(11-10-21(26)14-17-32(28)29(33)23-8-9-23)35-19-25-12-13-27(36-25)30(34)31-15-2-3-16-31/h4-7,10-13,18,23,28H,2-3,8-9,14-17,19H2,1H3/t28-/m1/s1. The lowest BCUT2D eigenvalue weighted by Gasteiger charge is -2.38. The normalized spacial score (nSPS) is 19.3. The van der Waals surface area contributed by atoms with Crippen molar-refractivity contribution in [2.45, 2.75) is 51.7 Å². The van der Waals surface area contributed by atoms with E-state index in [1.165, 1.54) is 11.1 Å². The second-order valence-electron chi connectivity index (χ2n) is 10.3. The quantitative estimate of drug-likeness (QED) is 0.477. The summed E-state index contributed by atoms with van der Waals surface area (Å²) in [5, 5.41) is 0. The molecule has 2 aromatic carbocycles. The van der Waals surface area contributed by atoms with Crippen molar-refractivity contribution in [3.63, 3.8) is 0 Å². The third-order valence-electron chi connectivity index (χ3n) is 7.60. The minimum atomic E-state index is -0.112. The summed E-state index contributed by atoms with van der Waals surface area (Å²) in [4.78, 5) is 29.7. The molecule has 2 amide bonds. The number of nitrogens with zero attached hydrogens (tertiary/aromatic N) is 2. The van der Waals surface area contributed by atoms with Gasteiger partial charge in [0.05, 0.1) is 6.04 Å². The van der Waals surface area contributed by atoms with Crippen LogP contribution in [0.25, 0.3) is 0 Å². The Hall–Kier alpha value is -3.54. The number of hydrogen-bond donors (Lipinski definition) is 0. The molecular formula is C30H32N2O4. The molecule has 1 aliphatic carbocycles. The van der Waals surface area contributed by atoms with Crippen LogP contribution in [0.1, 0.15) is 70.3 Å². The van der Waals surface area contributed by atoms with E-state index in [4.69, 9.17) is 9.15 Å². The number of furan rings is 1. The Morgan fingerprint density at radius 3 is 2.50 bits per heavy atom. The summed E-state index contributed by atoms with van der Waals surface area (Å²) >= 11 is 0. The average Bonchev–Trinajstić information content (AvgIpc) is 3.39. The zero-order chi connectivity index (χ0) is 24.6. The number of carbonyl (C=O) groups is 2. The van der Waals surface area contributed by atoms with E-state index in [0.29, 0.717) is 11.5 Å². The van der Waals surface area contributed by atoms with E-state index in [2.05, 4.69) is 48.2 Å². The lowest BCUT2D eigenvalue weighted by Crippen LogP contribution is -2.41. The number of aryl methyl sites for hydroxylation is 1. The molecule has 1 aromatic heterocycles. The highest BCUT2D eigenvalue weighted by Crippen LogP contribution is 2.41. The van der Waals surface area contributed by atoms with E-state index >= 15 is 0 Å². The van der Waals surface area contributed by atoms with Crippen LogP contribution in [0.15, 0.2) is 59.0 Å². The van der Waals surface area contributed by atoms with Gasteiger partial charge in [-0.3, -0.25) is 9.59 Å². The Kier molecular flexibility index (Phi) is 6.04. The van der Waals surface area contributed by atoms with Crippen LogP contribution in [0.3, 0.4) is 0 Å². The first-order chi connectivity index (χ1) is 17.6. The van der Waals surface area contributed by atoms with Crippen molar-refractivity contribution in [1.82, 2.24) is 9.80 Å². The molecule has 0 N–H and O–H groups in total. The number of rotatable bonds is 6. The monoisotopic (exact) mass is 484 g/mol. The third kappa shape index (κ3) is 4.52. The molecule has 3 heterocycles. The molecule has 6 heteroatoms. The van der Waals surface area contributed by atoms with Gasteiger partial charge in [0.1, 0.15) is 18.1 Å². The Bertz CT molecular complexity index is 1270.